The van der Waals surface area contributed by atoms with Gasteiger partial charge in [0.25, 0.3) is 0 Å². The van der Waals surface area contributed by atoms with E-state index in [0.717, 1.165) is 43.4 Å². The van der Waals surface area contributed by atoms with Crippen molar-refractivity contribution in [1.29, 1.82) is 5.26 Å². The molecular weight excluding hydrogens is 318 g/mol. The van der Waals surface area contributed by atoms with E-state index in [1.54, 1.807) is 0 Å². The topological polar surface area (TPSA) is 44.0 Å². The van der Waals surface area contributed by atoms with Crippen molar-refractivity contribution >= 4 is 0 Å². The van der Waals surface area contributed by atoms with Crippen LogP contribution in [0.5, 0.6) is 0 Å². The largest absolute Gasteiger partial charge is 0.390 e. The molecule has 0 saturated heterocycles. The maximum Gasteiger partial charge on any atom is 0.0648 e. The van der Waals surface area contributed by atoms with Gasteiger partial charge in [-0.2, -0.15) is 5.26 Å². The van der Waals surface area contributed by atoms with E-state index in [-0.39, 0.29) is 5.60 Å². The van der Waals surface area contributed by atoms with Crippen molar-refractivity contribution in [1.82, 2.24) is 0 Å². The van der Waals surface area contributed by atoms with Crippen LogP contribution in [0.15, 0.2) is 0 Å². The number of nitriles is 1. The molecule has 0 aromatic carbocycles. The van der Waals surface area contributed by atoms with Crippen molar-refractivity contribution in [3.8, 4) is 6.07 Å². The summed E-state index contributed by atoms with van der Waals surface area (Å²) in [6, 6.07) is 2.44. The van der Waals surface area contributed by atoms with Gasteiger partial charge in [-0.25, -0.2) is 0 Å². The van der Waals surface area contributed by atoms with Crippen LogP contribution in [-0.4, -0.2) is 10.7 Å². The molecule has 2 heteroatoms. The van der Waals surface area contributed by atoms with E-state index in [0.29, 0.717) is 16.2 Å². The smallest absolute Gasteiger partial charge is 0.0648 e. The number of nitrogens with zero attached hydrogens (tertiary/aromatic N) is 1. The van der Waals surface area contributed by atoms with Crippen molar-refractivity contribution in [2.75, 3.05) is 0 Å². The molecule has 7 rings (SSSR count). The van der Waals surface area contributed by atoms with Crippen molar-refractivity contribution in [2.45, 2.75) is 109 Å². The third-order valence-electron chi connectivity index (χ3n) is 10.2. The Bertz CT molecular complexity index is 586. The zero-order valence-corrected chi connectivity index (χ0v) is 16.7. The second-order valence-electron chi connectivity index (χ2n) is 11.8. The van der Waals surface area contributed by atoms with E-state index in [4.69, 9.17) is 5.26 Å². The molecule has 144 valence electrons. The predicted octanol–water partition coefficient (Wildman–Crippen LogP) is 5.99. The predicted molar refractivity (Wildman–Crippen MR) is 103 cm³/mol. The third-order valence-corrected chi connectivity index (χ3v) is 10.2. The third kappa shape index (κ3) is 2.85. The van der Waals surface area contributed by atoms with E-state index in [1.807, 2.05) is 0 Å². The maximum absolute atomic E-state index is 10.6. The lowest BCUT2D eigenvalue weighted by molar-refractivity contribution is -0.111. The molecule has 1 N–H and O–H groups in total. The SMILES string of the molecule is C[C@]1(CC#N)CC1CC12CCC(CC1)C(CC13CCC(O)(CC1)CC3)C2. The molecule has 7 fully saturated rings. The summed E-state index contributed by atoms with van der Waals surface area (Å²) in [7, 11) is 0. The highest BCUT2D eigenvalue weighted by atomic mass is 16.3. The van der Waals surface area contributed by atoms with Gasteiger partial charge in [-0.3, -0.25) is 0 Å². The Balaban J connectivity index is 1.25. The molecule has 7 saturated carbocycles. The first kappa shape index (κ1) is 17.5. The first-order chi connectivity index (χ1) is 12.4. The van der Waals surface area contributed by atoms with Crippen molar-refractivity contribution in [3.05, 3.63) is 0 Å². The molecule has 4 bridgehead atoms. The van der Waals surface area contributed by atoms with Crippen LogP contribution >= 0.6 is 0 Å². The van der Waals surface area contributed by atoms with Crippen LogP contribution in [0, 0.1) is 45.3 Å². The number of hydrogen-bond donors (Lipinski definition) is 1. The van der Waals surface area contributed by atoms with Gasteiger partial charge in [-0.1, -0.05) is 6.92 Å². The summed E-state index contributed by atoms with van der Waals surface area (Å²) in [5, 5.41) is 19.7. The minimum absolute atomic E-state index is 0.286. The Morgan fingerprint density at radius 3 is 2.15 bits per heavy atom. The average molecular weight is 356 g/mol. The number of hydrogen-bond acceptors (Lipinski definition) is 2. The van der Waals surface area contributed by atoms with Gasteiger partial charge in [0.1, 0.15) is 0 Å². The van der Waals surface area contributed by atoms with E-state index in [9.17, 15) is 5.11 Å². The molecule has 0 radical (unpaired) electrons. The molecule has 0 aromatic heterocycles. The van der Waals surface area contributed by atoms with Crippen molar-refractivity contribution < 1.29 is 5.11 Å². The first-order valence-electron chi connectivity index (χ1n) is 11.5. The summed E-state index contributed by atoms with van der Waals surface area (Å²) in [5.74, 6) is 2.79. The number of aliphatic hydroxyl groups is 1. The van der Waals surface area contributed by atoms with Gasteiger partial charge in [-0.05, 0) is 124 Å². The summed E-state index contributed by atoms with van der Waals surface area (Å²) in [6.07, 6.45) is 19.5. The maximum atomic E-state index is 10.6. The molecule has 0 heterocycles. The van der Waals surface area contributed by atoms with E-state index in [2.05, 4.69) is 13.0 Å². The molecule has 7 aliphatic rings. The summed E-state index contributed by atoms with van der Waals surface area (Å²) >= 11 is 0. The van der Waals surface area contributed by atoms with Gasteiger partial charge in [0.05, 0.1) is 11.7 Å². The monoisotopic (exact) mass is 355 g/mol. The van der Waals surface area contributed by atoms with Gasteiger partial charge >= 0.3 is 0 Å². The van der Waals surface area contributed by atoms with Crippen LogP contribution in [0.3, 0.4) is 0 Å². The molecule has 0 aromatic rings. The lowest BCUT2D eigenvalue weighted by Crippen LogP contribution is -2.48. The Hall–Kier alpha value is -0.550. The molecule has 26 heavy (non-hydrogen) atoms. The van der Waals surface area contributed by atoms with Crippen molar-refractivity contribution in [3.63, 3.8) is 0 Å². The molecular formula is C24H37NO. The fourth-order valence-corrected chi connectivity index (χ4v) is 8.03. The summed E-state index contributed by atoms with van der Waals surface area (Å²) in [6.45, 7) is 2.35. The summed E-state index contributed by atoms with van der Waals surface area (Å²) in [5.41, 5.74) is 1.27. The van der Waals surface area contributed by atoms with Gasteiger partial charge in [0.15, 0.2) is 0 Å². The van der Waals surface area contributed by atoms with E-state index in [1.165, 1.54) is 70.6 Å². The molecule has 2 unspecified atom stereocenters. The second-order valence-corrected chi connectivity index (χ2v) is 11.8. The fourth-order valence-electron chi connectivity index (χ4n) is 8.03. The van der Waals surface area contributed by atoms with Crippen LogP contribution in [-0.2, 0) is 0 Å². The zero-order valence-electron chi connectivity index (χ0n) is 16.7. The fraction of sp³-hybridized carbons (Fsp3) is 0.958. The Kier molecular flexibility index (Phi) is 3.86. The van der Waals surface area contributed by atoms with Crippen LogP contribution in [0.4, 0.5) is 0 Å². The summed E-state index contributed by atoms with van der Waals surface area (Å²) < 4.78 is 0. The van der Waals surface area contributed by atoms with E-state index < -0.39 is 0 Å². The molecule has 3 atom stereocenters. The highest BCUT2D eigenvalue weighted by Crippen LogP contribution is 2.66. The normalized spacial score (nSPS) is 54.9. The lowest BCUT2D eigenvalue weighted by Gasteiger charge is -2.57. The molecule has 7 aliphatic carbocycles. The Labute approximate surface area is 159 Å². The van der Waals surface area contributed by atoms with Crippen LogP contribution in [0.25, 0.3) is 0 Å². The quantitative estimate of drug-likeness (QED) is 0.658. The van der Waals surface area contributed by atoms with Crippen LogP contribution in [0.2, 0.25) is 0 Å². The molecule has 0 amide bonds. The van der Waals surface area contributed by atoms with Gasteiger partial charge in [0, 0.05) is 6.42 Å². The average Bonchev–Trinajstić information content (AvgIpc) is 3.25. The minimum atomic E-state index is -0.286. The highest BCUT2D eigenvalue weighted by molar-refractivity contribution is 5.09. The number of rotatable bonds is 5. The molecule has 2 nitrogen and oxygen atoms in total. The Morgan fingerprint density at radius 2 is 1.54 bits per heavy atom. The van der Waals surface area contributed by atoms with Gasteiger partial charge < -0.3 is 5.11 Å². The zero-order chi connectivity index (χ0) is 18.0. The summed E-state index contributed by atoms with van der Waals surface area (Å²) in [4.78, 5) is 0. The first-order valence-corrected chi connectivity index (χ1v) is 11.5. The second kappa shape index (κ2) is 5.73. The van der Waals surface area contributed by atoms with Crippen LogP contribution < -0.4 is 0 Å². The highest BCUT2D eigenvalue weighted by Gasteiger charge is 2.56. The van der Waals surface area contributed by atoms with Gasteiger partial charge in [-0.15, -0.1) is 0 Å². The van der Waals surface area contributed by atoms with Crippen LogP contribution in [0.1, 0.15) is 103 Å². The standard InChI is InChI=1S/C24H37NO/c1-21(12-13-25)16-20(21)17-23-4-2-18(3-5-23)19(15-23)14-22-6-9-24(26,10-7-22)11-8-22/h18-20,26H,2-12,14-17H2,1H3/t18?,19?,20?,21-,22?,23?,24?/m0/s1. The lowest BCUT2D eigenvalue weighted by atomic mass is 9.49. The Morgan fingerprint density at radius 1 is 0.885 bits per heavy atom. The van der Waals surface area contributed by atoms with Gasteiger partial charge in [0.2, 0.25) is 0 Å². The molecule has 0 aliphatic heterocycles. The minimum Gasteiger partial charge on any atom is -0.390 e. The van der Waals surface area contributed by atoms with E-state index >= 15 is 0 Å². The molecule has 0 spiro atoms. The van der Waals surface area contributed by atoms with Crippen molar-refractivity contribution in [2.24, 2.45) is 34.0 Å². The number of fused-ring (bicyclic) bond motifs is 6.